The Bertz CT molecular complexity index is 147. The zero-order valence-corrected chi connectivity index (χ0v) is 7.33. The van der Waals surface area contributed by atoms with Crippen LogP contribution in [0.2, 0.25) is 0 Å². The molecule has 0 aromatic rings. The second-order valence-corrected chi connectivity index (χ2v) is 3.92. The first-order valence-corrected chi connectivity index (χ1v) is 4.85. The summed E-state index contributed by atoms with van der Waals surface area (Å²) >= 11 is 0. The molecule has 1 saturated carbocycles. The van der Waals surface area contributed by atoms with Crippen LogP contribution in [0, 0.1) is 5.92 Å². The minimum absolute atomic E-state index is 0.186. The molecule has 0 aromatic heterocycles. The Kier molecular flexibility index (Phi) is 2.63. The summed E-state index contributed by atoms with van der Waals surface area (Å²) in [6.45, 7) is 2.24. The van der Waals surface area contributed by atoms with Crippen molar-refractivity contribution in [2.75, 3.05) is 19.8 Å². The predicted octanol–water partition coefficient (Wildman–Crippen LogP) is 0.136. The first-order chi connectivity index (χ1) is 5.86. The highest BCUT2D eigenvalue weighted by Gasteiger charge is 2.27. The van der Waals surface area contributed by atoms with Crippen LogP contribution in [0.3, 0.4) is 0 Å². The van der Waals surface area contributed by atoms with Gasteiger partial charge in [-0.15, -0.1) is 0 Å². The second-order valence-electron chi connectivity index (χ2n) is 3.92. The van der Waals surface area contributed by atoms with E-state index < -0.39 is 0 Å². The SMILES string of the molecule is OC1COCC1NCC1CCC1. The first-order valence-electron chi connectivity index (χ1n) is 4.85. The molecule has 2 fully saturated rings. The summed E-state index contributed by atoms with van der Waals surface area (Å²) < 4.78 is 5.14. The van der Waals surface area contributed by atoms with Gasteiger partial charge in [0.15, 0.2) is 0 Å². The summed E-state index contributed by atoms with van der Waals surface area (Å²) in [5.41, 5.74) is 0. The molecule has 3 heteroatoms. The molecule has 2 aliphatic rings. The summed E-state index contributed by atoms with van der Waals surface area (Å²) in [4.78, 5) is 0. The third kappa shape index (κ3) is 1.79. The Morgan fingerprint density at radius 3 is 2.67 bits per heavy atom. The Hall–Kier alpha value is -0.120. The number of aliphatic hydroxyl groups is 1. The lowest BCUT2D eigenvalue weighted by Gasteiger charge is -2.27. The average Bonchev–Trinajstić information content (AvgIpc) is 2.33. The second kappa shape index (κ2) is 3.73. The molecule has 2 unspecified atom stereocenters. The van der Waals surface area contributed by atoms with Crippen LogP contribution in [0.5, 0.6) is 0 Å². The molecule has 2 atom stereocenters. The van der Waals surface area contributed by atoms with Crippen molar-refractivity contribution < 1.29 is 9.84 Å². The molecule has 0 amide bonds. The third-order valence-electron chi connectivity index (χ3n) is 2.94. The van der Waals surface area contributed by atoms with Gasteiger partial charge in [0.05, 0.1) is 25.4 Å². The van der Waals surface area contributed by atoms with Crippen LogP contribution in [-0.4, -0.2) is 37.0 Å². The molecule has 0 aromatic carbocycles. The van der Waals surface area contributed by atoms with Crippen LogP contribution in [-0.2, 0) is 4.74 Å². The van der Waals surface area contributed by atoms with Crippen LogP contribution in [0.4, 0.5) is 0 Å². The molecule has 1 aliphatic carbocycles. The molecule has 1 saturated heterocycles. The average molecular weight is 171 g/mol. The molecule has 0 radical (unpaired) electrons. The van der Waals surface area contributed by atoms with Crippen LogP contribution in [0.25, 0.3) is 0 Å². The lowest BCUT2D eigenvalue weighted by Crippen LogP contribution is -2.42. The molecule has 0 spiro atoms. The van der Waals surface area contributed by atoms with Gasteiger partial charge in [0, 0.05) is 0 Å². The van der Waals surface area contributed by atoms with E-state index in [2.05, 4.69) is 5.32 Å². The molecule has 1 heterocycles. The number of aliphatic hydroxyl groups excluding tert-OH is 1. The van der Waals surface area contributed by atoms with Gasteiger partial charge in [-0.2, -0.15) is 0 Å². The van der Waals surface area contributed by atoms with E-state index in [0.29, 0.717) is 13.2 Å². The van der Waals surface area contributed by atoms with Gasteiger partial charge >= 0.3 is 0 Å². The molecule has 1 aliphatic heterocycles. The number of ether oxygens (including phenoxy) is 1. The van der Waals surface area contributed by atoms with E-state index in [9.17, 15) is 5.11 Å². The summed E-state index contributed by atoms with van der Waals surface area (Å²) in [7, 11) is 0. The number of hydrogen-bond acceptors (Lipinski definition) is 3. The summed E-state index contributed by atoms with van der Waals surface area (Å²) in [6.07, 6.45) is 3.81. The van der Waals surface area contributed by atoms with E-state index in [1.807, 2.05) is 0 Å². The first kappa shape index (κ1) is 8.48. The van der Waals surface area contributed by atoms with Crippen molar-refractivity contribution in [3.05, 3.63) is 0 Å². The third-order valence-corrected chi connectivity index (χ3v) is 2.94. The van der Waals surface area contributed by atoms with E-state index in [1.54, 1.807) is 0 Å². The van der Waals surface area contributed by atoms with Gasteiger partial charge < -0.3 is 15.2 Å². The summed E-state index contributed by atoms with van der Waals surface area (Å²) in [5, 5.41) is 12.8. The van der Waals surface area contributed by atoms with Crippen LogP contribution < -0.4 is 5.32 Å². The zero-order valence-electron chi connectivity index (χ0n) is 7.33. The highest BCUT2D eigenvalue weighted by Crippen LogP contribution is 2.25. The standard InChI is InChI=1S/C9H17NO2/c11-9-6-12-5-8(9)10-4-7-2-1-3-7/h7-11H,1-6H2. The normalized spacial score (nSPS) is 36.8. The molecule has 2 N–H and O–H groups in total. The van der Waals surface area contributed by atoms with Crippen LogP contribution >= 0.6 is 0 Å². The van der Waals surface area contributed by atoms with Crippen molar-refractivity contribution in [3.63, 3.8) is 0 Å². The summed E-state index contributed by atoms with van der Waals surface area (Å²) in [5.74, 6) is 0.859. The minimum atomic E-state index is -0.287. The summed E-state index contributed by atoms with van der Waals surface area (Å²) in [6, 6.07) is 0.186. The molecule has 12 heavy (non-hydrogen) atoms. The van der Waals surface area contributed by atoms with Crippen molar-refractivity contribution in [1.29, 1.82) is 0 Å². The lowest BCUT2D eigenvalue weighted by molar-refractivity contribution is 0.121. The Balaban J connectivity index is 1.64. The minimum Gasteiger partial charge on any atom is -0.389 e. The van der Waals surface area contributed by atoms with Crippen molar-refractivity contribution in [2.24, 2.45) is 5.92 Å². The maximum absolute atomic E-state index is 9.41. The van der Waals surface area contributed by atoms with E-state index in [4.69, 9.17) is 4.74 Å². The van der Waals surface area contributed by atoms with Crippen molar-refractivity contribution in [3.8, 4) is 0 Å². The number of nitrogens with one attached hydrogen (secondary N) is 1. The van der Waals surface area contributed by atoms with Crippen molar-refractivity contribution >= 4 is 0 Å². The largest absolute Gasteiger partial charge is 0.389 e. The van der Waals surface area contributed by atoms with Crippen molar-refractivity contribution in [2.45, 2.75) is 31.4 Å². The molecule has 70 valence electrons. The predicted molar refractivity (Wildman–Crippen MR) is 46.0 cm³/mol. The molecular formula is C9H17NO2. The van der Waals surface area contributed by atoms with E-state index in [1.165, 1.54) is 19.3 Å². The molecule has 3 nitrogen and oxygen atoms in total. The van der Waals surface area contributed by atoms with E-state index in [-0.39, 0.29) is 12.1 Å². The van der Waals surface area contributed by atoms with Crippen molar-refractivity contribution in [1.82, 2.24) is 5.32 Å². The fourth-order valence-corrected chi connectivity index (χ4v) is 1.75. The van der Waals surface area contributed by atoms with Gasteiger partial charge in [-0.1, -0.05) is 6.42 Å². The van der Waals surface area contributed by atoms with Gasteiger partial charge in [0.25, 0.3) is 0 Å². The molecular weight excluding hydrogens is 154 g/mol. The van der Waals surface area contributed by atoms with Gasteiger partial charge in [0.2, 0.25) is 0 Å². The monoisotopic (exact) mass is 171 g/mol. The van der Waals surface area contributed by atoms with Gasteiger partial charge in [-0.05, 0) is 25.3 Å². The Labute approximate surface area is 73.1 Å². The number of rotatable bonds is 3. The molecule has 0 bridgehead atoms. The van der Waals surface area contributed by atoms with Crippen LogP contribution in [0.15, 0.2) is 0 Å². The van der Waals surface area contributed by atoms with Gasteiger partial charge in [0.1, 0.15) is 0 Å². The van der Waals surface area contributed by atoms with E-state index >= 15 is 0 Å². The van der Waals surface area contributed by atoms with Gasteiger partial charge in [-0.3, -0.25) is 0 Å². The Morgan fingerprint density at radius 1 is 1.33 bits per heavy atom. The van der Waals surface area contributed by atoms with Gasteiger partial charge in [-0.25, -0.2) is 0 Å². The van der Waals surface area contributed by atoms with E-state index in [0.717, 1.165) is 12.5 Å². The highest BCUT2D eigenvalue weighted by molar-refractivity contribution is 4.82. The lowest BCUT2D eigenvalue weighted by atomic mass is 9.85. The topological polar surface area (TPSA) is 41.5 Å². The Morgan fingerprint density at radius 2 is 2.17 bits per heavy atom. The van der Waals surface area contributed by atoms with Crippen LogP contribution in [0.1, 0.15) is 19.3 Å². The smallest absolute Gasteiger partial charge is 0.0948 e. The maximum atomic E-state index is 9.41. The number of hydrogen-bond donors (Lipinski definition) is 2. The quantitative estimate of drug-likeness (QED) is 0.634. The fourth-order valence-electron chi connectivity index (χ4n) is 1.75. The fraction of sp³-hybridized carbons (Fsp3) is 1.00. The zero-order chi connectivity index (χ0) is 8.39. The maximum Gasteiger partial charge on any atom is 0.0948 e. The highest BCUT2D eigenvalue weighted by atomic mass is 16.5. The molecule has 2 rings (SSSR count).